The van der Waals surface area contributed by atoms with Gasteiger partial charge in [-0.1, -0.05) is 0 Å². The lowest BCUT2D eigenvalue weighted by atomic mass is 9.83. The van der Waals surface area contributed by atoms with Gasteiger partial charge in [0.1, 0.15) is 42.9 Å². The highest BCUT2D eigenvalue weighted by atomic mass is 32.2. The zero-order valence-corrected chi connectivity index (χ0v) is 32.5. The van der Waals surface area contributed by atoms with Crippen molar-refractivity contribution in [3.63, 3.8) is 0 Å². The van der Waals surface area contributed by atoms with Crippen molar-refractivity contribution < 1.29 is 98.6 Å². The van der Waals surface area contributed by atoms with E-state index in [-0.39, 0.29) is 11.3 Å². The smallest absolute Gasteiger partial charge is 0.338 e. The predicted octanol–water partition coefficient (Wildman–Crippen LogP) is -0.00800. The molecular weight excluding hydrogens is 788 g/mol. The summed E-state index contributed by atoms with van der Waals surface area (Å²) in [4.78, 5) is 85.7. The van der Waals surface area contributed by atoms with Crippen LogP contribution in [0.5, 0.6) is 5.75 Å². The highest BCUT2D eigenvalue weighted by Gasteiger charge is 2.68. The Balaban J connectivity index is 1.80. The van der Waals surface area contributed by atoms with Crippen molar-refractivity contribution in [2.75, 3.05) is 19.5 Å². The second-order valence-electron chi connectivity index (χ2n) is 13.1. The van der Waals surface area contributed by atoms with Crippen molar-refractivity contribution in [1.29, 1.82) is 0 Å². The Hall–Kier alpha value is -5.16. The summed E-state index contributed by atoms with van der Waals surface area (Å²) >= 11 is 0. The van der Waals surface area contributed by atoms with E-state index in [2.05, 4.69) is 0 Å². The lowest BCUT2D eigenvalue weighted by Gasteiger charge is -2.46. The van der Waals surface area contributed by atoms with Crippen LogP contribution in [0.15, 0.2) is 36.6 Å². The number of ether oxygens (including phenoxy) is 10. The minimum atomic E-state index is -4.49. The lowest BCUT2D eigenvalue weighted by molar-refractivity contribution is -0.350. The molecule has 11 atom stereocenters. The van der Waals surface area contributed by atoms with Crippen LogP contribution in [0.1, 0.15) is 51.9 Å². The fraction of sp³-hybridized carbons (Fsp3) is 0.571. The summed E-state index contributed by atoms with van der Waals surface area (Å²) < 4.78 is 86.0. The SMILES string of the molecule is CC(=O)OC[C@H]1O[C@@H](O[C@H]2OC=C[C@H]3[C@H](OC(=O)c4ccc(OC(C)=O)cc4)[C@@H](OS(C)(=O)=O)[C@](O)(COC(C)=O)[C@@H]23)[C@H](OC(C)=O)[C@@H](OC(C)=O)[C@@H]1OC(C)=O. The lowest BCUT2D eigenvalue weighted by Crippen LogP contribution is -2.64. The van der Waals surface area contributed by atoms with E-state index < -0.39 is 132 Å². The minimum Gasteiger partial charge on any atom is -0.472 e. The van der Waals surface area contributed by atoms with Crippen LogP contribution >= 0.6 is 0 Å². The fourth-order valence-corrected chi connectivity index (χ4v) is 7.24. The van der Waals surface area contributed by atoms with Crippen LogP contribution in [-0.4, -0.2) is 130 Å². The standard InChI is InChI=1S/C35H42O21S/c1-16(36)47-14-25-28(50-19(4)39)29(51-20(5)40)30(52-21(6)41)34(53-25)55-33-26-24(12-13-46-33)27(31(56-57(7,44)45)35(26,43)15-48-17(2)37)54-32(42)22-8-10-23(11-9-22)49-18(3)38/h8-13,24-31,33-34,43H,14-15H2,1-7H3/t24-,25-,26-,27+,28-,29+,30-,31-,33-,34+,35+/m1/s1. The van der Waals surface area contributed by atoms with Crippen molar-refractivity contribution in [1.82, 2.24) is 0 Å². The average Bonchev–Trinajstić information content (AvgIpc) is 3.31. The van der Waals surface area contributed by atoms with Gasteiger partial charge in [0.15, 0.2) is 18.3 Å². The fourth-order valence-electron chi connectivity index (χ4n) is 6.58. The molecule has 1 N–H and O–H groups in total. The monoisotopic (exact) mass is 830 g/mol. The first-order valence-corrected chi connectivity index (χ1v) is 18.9. The summed E-state index contributed by atoms with van der Waals surface area (Å²) in [6.45, 7) is 4.68. The molecule has 2 heterocycles. The molecule has 0 bridgehead atoms. The summed E-state index contributed by atoms with van der Waals surface area (Å²) in [5.74, 6) is -8.90. The van der Waals surface area contributed by atoms with Gasteiger partial charge in [-0.05, 0) is 30.3 Å². The molecule has 1 aliphatic carbocycles. The first kappa shape index (κ1) is 44.6. The maximum absolute atomic E-state index is 13.5. The molecule has 1 saturated carbocycles. The van der Waals surface area contributed by atoms with Crippen LogP contribution < -0.4 is 4.74 Å². The van der Waals surface area contributed by atoms with E-state index in [4.69, 9.17) is 51.6 Å². The molecule has 2 aliphatic heterocycles. The normalized spacial score (nSPS) is 30.4. The van der Waals surface area contributed by atoms with Crippen molar-refractivity contribution in [2.45, 2.75) is 96.3 Å². The number of esters is 7. The Bertz CT molecular complexity index is 1840. The minimum absolute atomic E-state index is 0.0997. The van der Waals surface area contributed by atoms with Crippen LogP contribution in [0.3, 0.4) is 0 Å². The quantitative estimate of drug-likeness (QED) is 0.112. The summed E-state index contributed by atoms with van der Waals surface area (Å²) in [6, 6.07) is 5.09. The van der Waals surface area contributed by atoms with Crippen molar-refractivity contribution in [3.05, 3.63) is 42.2 Å². The molecule has 21 nitrogen and oxygen atoms in total. The van der Waals surface area contributed by atoms with E-state index in [0.717, 1.165) is 40.9 Å². The molecule has 57 heavy (non-hydrogen) atoms. The van der Waals surface area contributed by atoms with Crippen LogP contribution in [0.4, 0.5) is 0 Å². The molecule has 4 rings (SSSR count). The van der Waals surface area contributed by atoms with E-state index >= 15 is 0 Å². The van der Waals surface area contributed by atoms with Crippen molar-refractivity contribution >= 4 is 51.9 Å². The second-order valence-corrected chi connectivity index (χ2v) is 14.7. The zero-order valence-electron chi connectivity index (χ0n) is 31.7. The highest BCUT2D eigenvalue weighted by Crippen LogP contribution is 2.50. The third kappa shape index (κ3) is 11.5. The van der Waals surface area contributed by atoms with Gasteiger partial charge in [-0.25, -0.2) is 4.79 Å². The first-order chi connectivity index (χ1) is 26.6. The van der Waals surface area contributed by atoms with Crippen molar-refractivity contribution in [3.8, 4) is 5.75 Å². The predicted molar refractivity (Wildman–Crippen MR) is 182 cm³/mol. The first-order valence-electron chi connectivity index (χ1n) is 17.1. The molecule has 1 aromatic carbocycles. The molecule has 314 valence electrons. The van der Waals surface area contributed by atoms with Gasteiger partial charge in [-0.15, -0.1) is 0 Å². The topological polar surface area (TPSA) is 275 Å². The molecule has 1 saturated heterocycles. The van der Waals surface area contributed by atoms with Crippen LogP contribution in [0, 0.1) is 11.8 Å². The summed E-state index contributed by atoms with van der Waals surface area (Å²) in [6.07, 6.45) is -10.8. The third-order valence-corrected chi connectivity index (χ3v) is 9.12. The Labute approximate surface area is 325 Å². The van der Waals surface area contributed by atoms with Gasteiger partial charge in [0.2, 0.25) is 12.6 Å². The molecule has 0 unspecified atom stereocenters. The Kier molecular flexibility index (Phi) is 14.4. The number of benzene rings is 1. The van der Waals surface area contributed by atoms with Gasteiger partial charge >= 0.3 is 41.8 Å². The van der Waals surface area contributed by atoms with Crippen LogP contribution in [0.25, 0.3) is 0 Å². The summed E-state index contributed by atoms with van der Waals surface area (Å²) in [5, 5.41) is 12.4. The molecule has 3 aliphatic rings. The van der Waals surface area contributed by atoms with Gasteiger partial charge in [-0.2, -0.15) is 8.42 Å². The molecule has 0 aromatic heterocycles. The van der Waals surface area contributed by atoms with E-state index in [1.54, 1.807) is 0 Å². The zero-order chi connectivity index (χ0) is 42.4. The van der Waals surface area contributed by atoms with Crippen molar-refractivity contribution in [2.24, 2.45) is 11.8 Å². The van der Waals surface area contributed by atoms with Crippen LogP contribution in [-0.2, 0) is 85.7 Å². The molecule has 0 amide bonds. The Morgan fingerprint density at radius 1 is 0.719 bits per heavy atom. The largest absolute Gasteiger partial charge is 0.472 e. The van der Waals surface area contributed by atoms with Gasteiger partial charge in [0, 0.05) is 47.5 Å². The molecule has 1 aromatic rings. The summed E-state index contributed by atoms with van der Waals surface area (Å²) in [7, 11) is -4.49. The number of aliphatic hydroxyl groups is 1. The number of carbonyl (C=O) groups is 7. The maximum atomic E-state index is 13.5. The van der Waals surface area contributed by atoms with E-state index in [0.29, 0.717) is 6.26 Å². The molecular formula is C35H42O21S. The molecule has 0 radical (unpaired) electrons. The number of carbonyl (C=O) groups excluding carboxylic acids is 7. The van der Waals surface area contributed by atoms with E-state index in [1.165, 1.54) is 37.3 Å². The maximum Gasteiger partial charge on any atom is 0.338 e. The number of rotatable bonds is 14. The number of hydrogen-bond donors (Lipinski definition) is 1. The van der Waals surface area contributed by atoms with E-state index in [9.17, 15) is 47.1 Å². The molecule has 2 fully saturated rings. The Morgan fingerprint density at radius 3 is 1.84 bits per heavy atom. The highest BCUT2D eigenvalue weighted by molar-refractivity contribution is 7.86. The van der Waals surface area contributed by atoms with Gasteiger partial charge < -0.3 is 52.5 Å². The second kappa shape index (κ2) is 18.4. The van der Waals surface area contributed by atoms with Gasteiger partial charge in [0.05, 0.1) is 24.0 Å². The van der Waals surface area contributed by atoms with Gasteiger partial charge in [0.25, 0.3) is 10.1 Å². The number of fused-ring (bicyclic) bond motifs is 1. The summed E-state index contributed by atoms with van der Waals surface area (Å²) in [5.41, 5.74) is -2.73. The average molecular weight is 831 g/mol. The Morgan fingerprint density at radius 2 is 1.30 bits per heavy atom. The van der Waals surface area contributed by atoms with E-state index in [1.807, 2.05) is 0 Å². The number of hydrogen-bond acceptors (Lipinski definition) is 21. The molecule has 22 heteroatoms. The van der Waals surface area contributed by atoms with Gasteiger partial charge in [-0.3, -0.25) is 33.0 Å². The van der Waals surface area contributed by atoms with Crippen LogP contribution in [0.2, 0.25) is 0 Å². The molecule has 0 spiro atoms. The third-order valence-electron chi connectivity index (χ3n) is 8.57.